The van der Waals surface area contributed by atoms with Crippen LogP contribution in [0, 0.1) is 6.92 Å². The van der Waals surface area contributed by atoms with Gasteiger partial charge in [-0.15, -0.1) is 11.3 Å². The molecule has 1 aromatic carbocycles. The first-order valence-corrected chi connectivity index (χ1v) is 8.66. The Balaban J connectivity index is 1.64. The van der Waals surface area contributed by atoms with E-state index in [1.807, 2.05) is 30.4 Å². The Morgan fingerprint density at radius 2 is 2.27 bits per heavy atom. The lowest BCUT2D eigenvalue weighted by Gasteiger charge is -2.32. The van der Waals surface area contributed by atoms with E-state index >= 15 is 0 Å². The van der Waals surface area contributed by atoms with E-state index in [0.29, 0.717) is 17.6 Å². The largest absolute Gasteiger partial charge is 0.325 e. The number of aryl methyl sites for hydroxylation is 1. The summed E-state index contributed by atoms with van der Waals surface area (Å²) in [4.78, 5) is 16.0. The van der Waals surface area contributed by atoms with E-state index in [4.69, 9.17) is 11.6 Å². The molecule has 2 heterocycles. The second-order valence-corrected chi connectivity index (χ2v) is 7.12. The van der Waals surface area contributed by atoms with Gasteiger partial charge in [-0.2, -0.15) is 0 Å². The molecule has 22 heavy (non-hydrogen) atoms. The van der Waals surface area contributed by atoms with Crippen LogP contribution in [0.4, 0.5) is 5.69 Å². The van der Waals surface area contributed by atoms with Gasteiger partial charge in [0.15, 0.2) is 0 Å². The molecular weight excluding hydrogens is 316 g/mol. The van der Waals surface area contributed by atoms with E-state index in [1.165, 1.54) is 10.4 Å². The van der Waals surface area contributed by atoms with Crippen molar-refractivity contribution in [3.8, 4) is 0 Å². The molecule has 1 amide bonds. The molecule has 0 spiro atoms. The third-order valence-electron chi connectivity index (χ3n) is 4.21. The zero-order valence-electron chi connectivity index (χ0n) is 12.7. The molecule has 0 aliphatic carbocycles. The summed E-state index contributed by atoms with van der Waals surface area (Å²) in [5, 5.41) is 5.74. The topological polar surface area (TPSA) is 32.3 Å². The molecule has 0 saturated carbocycles. The average molecular weight is 335 g/mol. The van der Waals surface area contributed by atoms with E-state index in [1.54, 1.807) is 6.07 Å². The fraction of sp³-hybridized carbons (Fsp3) is 0.353. The first kappa shape index (κ1) is 15.5. The standard InChI is InChI=1S/C17H19ClN2OS/c1-11-3-4-13(9-15(11)18)19-17(21)10-20-7-5-16-14(12(20)2)6-8-22-16/h3-4,6,8-9,12H,5,7,10H2,1-2H3,(H,19,21)/t12-/m0/s1. The van der Waals surface area contributed by atoms with Crippen LogP contribution in [0.3, 0.4) is 0 Å². The highest BCUT2D eigenvalue weighted by Crippen LogP contribution is 2.32. The summed E-state index contributed by atoms with van der Waals surface area (Å²) in [7, 11) is 0. The molecule has 0 saturated heterocycles. The number of carbonyl (C=O) groups is 1. The molecule has 3 nitrogen and oxygen atoms in total. The number of hydrogen-bond acceptors (Lipinski definition) is 3. The number of nitrogens with one attached hydrogen (secondary N) is 1. The zero-order valence-corrected chi connectivity index (χ0v) is 14.3. The summed E-state index contributed by atoms with van der Waals surface area (Å²) in [6, 6.07) is 8.07. The maximum atomic E-state index is 12.3. The van der Waals surface area contributed by atoms with Crippen LogP contribution < -0.4 is 5.32 Å². The minimum atomic E-state index is 0.00505. The SMILES string of the molecule is Cc1ccc(NC(=O)CN2CCc3sccc3[C@@H]2C)cc1Cl. The number of thiophene rings is 1. The summed E-state index contributed by atoms with van der Waals surface area (Å²) < 4.78 is 0. The van der Waals surface area contributed by atoms with Crippen molar-refractivity contribution in [2.24, 2.45) is 0 Å². The lowest BCUT2D eigenvalue weighted by Crippen LogP contribution is -2.39. The number of anilines is 1. The van der Waals surface area contributed by atoms with Gasteiger partial charge in [-0.25, -0.2) is 0 Å². The molecule has 0 fully saturated rings. The monoisotopic (exact) mass is 334 g/mol. The number of fused-ring (bicyclic) bond motifs is 1. The van der Waals surface area contributed by atoms with Crippen LogP contribution in [0.15, 0.2) is 29.6 Å². The van der Waals surface area contributed by atoms with Gasteiger partial charge in [0.05, 0.1) is 6.54 Å². The Labute approximate surface area is 139 Å². The Morgan fingerprint density at radius 1 is 1.45 bits per heavy atom. The first-order chi connectivity index (χ1) is 10.5. The second-order valence-electron chi connectivity index (χ2n) is 5.71. The maximum Gasteiger partial charge on any atom is 0.238 e. The van der Waals surface area contributed by atoms with Gasteiger partial charge in [-0.1, -0.05) is 17.7 Å². The molecule has 116 valence electrons. The Morgan fingerprint density at radius 3 is 3.05 bits per heavy atom. The van der Waals surface area contributed by atoms with Crippen molar-refractivity contribution < 1.29 is 4.79 Å². The molecule has 1 aliphatic heterocycles. The van der Waals surface area contributed by atoms with Crippen LogP contribution >= 0.6 is 22.9 Å². The number of nitrogens with zero attached hydrogens (tertiary/aromatic N) is 1. The number of carbonyl (C=O) groups excluding carboxylic acids is 1. The van der Waals surface area contributed by atoms with Gasteiger partial charge in [0.1, 0.15) is 0 Å². The van der Waals surface area contributed by atoms with Crippen molar-refractivity contribution >= 4 is 34.5 Å². The summed E-state index contributed by atoms with van der Waals surface area (Å²) >= 11 is 7.91. The van der Waals surface area contributed by atoms with Crippen molar-refractivity contribution in [2.45, 2.75) is 26.3 Å². The Kier molecular flexibility index (Phi) is 4.52. The van der Waals surface area contributed by atoms with Crippen molar-refractivity contribution in [2.75, 3.05) is 18.4 Å². The summed E-state index contributed by atoms with van der Waals surface area (Å²) in [6.45, 7) is 5.45. The molecule has 1 atom stereocenters. The normalized spacial score (nSPS) is 18.0. The van der Waals surface area contributed by atoms with E-state index in [0.717, 1.165) is 24.2 Å². The second kappa shape index (κ2) is 6.41. The molecule has 0 unspecified atom stereocenters. The molecular formula is C17H19ClN2OS. The molecule has 5 heteroatoms. The van der Waals surface area contributed by atoms with Crippen molar-refractivity contribution in [1.29, 1.82) is 0 Å². The fourth-order valence-corrected chi connectivity index (χ4v) is 3.98. The van der Waals surface area contributed by atoms with Crippen LogP contribution in [0.5, 0.6) is 0 Å². The average Bonchev–Trinajstić information content (AvgIpc) is 2.95. The number of rotatable bonds is 3. The quantitative estimate of drug-likeness (QED) is 0.909. The van der Waals surface area contributed by atoms with Gasteiger partial charge in [0.2, 0.25) is 5.91 Å². The summed E-state index contributed by atoms with van der Waals surface area (Å²) in [5.74, 6) is 0.00505. The maximum absolute atomic E-state index is 12.3. The number of halogens is 1. The minimum Gasteiger partial charge on any atom is -0.325 e. The van der Waals surface area contributed by atoms with Crippen LogP contribution in [0.2, 0.25) is 5.02 Å². The van der Waals surface area contributed by atoms with E-state index < -0.39 is 0 Å². The van der Waals surface area contributed by atoms with Crippen LogP contribution in [0.1, 0.15) is 29.0 Å². The number of amides is 1. The number of benzene rings is 1. The lowest BCUT2D eigenvalue weighted by atomic mass is 10.0. The van der Waals surface area contributed by atoms with Gasteiger partial charge >= 0.3 is 0 Å². The smallest absolute Gasteiger partial charge is 0.238 e. The first-order valence-electron chi connectivity index (χ1n) is 7.41. The van der Waals surface area contributed by atoms with Gasteiger partial charge in [0, 0.05) is 28.2 Å². The highest BCUT2D eigenvalue weighted by molar-refractivity contribution is 7.10. The van der Waals surface area contributed by atoms with Gasteiger partial charge in [-0.05, 0) is 55.0 Å². The van der Waals surface area contributed by atoms with E-state index in [9.17, 15) is 4.79 Å². The third-order valence-corrected chi connectivity index (χ3v) is 5.61. The number of hydrogen-bond donors (Lipinski definition) is 1. The molecule has 3 rings (SSSR count). The molecule has 1 N–H and O–H groups in total. The summed E-state index contributed by atoms with van der Waals surface area (Å²) in [6.07, 6.45) is 1.03. The van der Waals surface area contributed by atoms with Crippen molar-refractivity contribution in [3.63, 3.8) is 0 Å². The predicted octanol–water partition coefficient (Wildman–Crippen LogP) is 4.27. The van der Waals surface area contributed by atoms with Gasteiger partial charge < -0.3 is 5.32 Å². The zero-order chi connectivity index (χ0) is 15.7. The lowest BCUT2D eigenvalue weighted by molar-refractivity contribution is -0.117. The fourth-order valence-electron chi connectivity index (χ4n) is 2.83. The molecule has 1 aromatic heterocycles. The van der Waals surface area contributed by atoms with Crippen molar-refractivity contribution in [1.82, 2.24) is 4.90 Å². The van der Waals surface area contributed by atoms with Crippen LogP contribution in [0.25, 0.3) is 0 Å². The molecule has 1 aliphatic rings. The van der Waals surface area contributed by atoms with Crippen LogP contribution in [-0.2, 0) is 11.2 Å². The van der Waals surface area contributed by atoms with Crippen molar-refractivity contribution in [3.05, 3.63) is 50.7 Å². The highest BCUT2D eigenvalue weighted by Gasteiger charge is 2.26. The van der Waals surface area contributed by atoms with Crippen LogP contribution in [-0.4, -0.2) is 23.9 Å². The minimum absolute atomic E-state index is 0.00505. The van der Waals surface area contributed by atoms with Gasteiger partial charge in [-0.3, -0.25) is 9.69 Å². The Bertz CT molecular complexity index is 698. The Hall–Kier alpha value is -1.36. The van der Waals surface area contributed by atoms with E-state index in [2.05, 4.69) is 28.6 Å². The predicted molar refractivity (Wildman–Crippen MR) is 92.8 cm³/mol. The third kappa shape index (κ3) is 3.19. The van der Waals surface area contributed by atoms with Gasteiger partial charge in [0.25, 0.3) is 0 Å². The summed E-state index contributed by atoms with van der Waals surface area (Å²) in [5.41, 5.74) is 3.12. The highest BCUT2D eigenvalue weighted by atomic mass is 35.5. The molecule has 0 bridgehead atoms. The molecule has 0 radical (unpaired) electrons. The molecule has 2 aromatic rings. The van der Waals surface area contributed by atoms with E-state index in [-0.39, 0.29) is 5.91 Å².